The van der Waals surface area contributed by atoms with Crippen LogP contribution in [0.25, 0.3) is 0 Å². The van der Waals surface area contributed by atoms with E-state index in [-0.39, 0.29) is 23.9 Å². The molecule has 2 N–H and O–H groups in total. The Morgan fingerprint density at radius 2 is 2.06 bits per heavy atom. The highest BCUT2D eigenvalue weighted by atomic mass is 19.3. The molecule has 1 aromatic carbocycles. The molecule has 86 valence electrons. The number of benzene rings is 1. The average Bonchev–Trinajstić information content (AvgIpc) is 2.47. The molecule has 7 heteroatoms. The van der Waals surface area contributed by atoms with Crippen LogP contribution in [0, 0.1) is 0 Å². The quantitative estimate of drug-likeness (QED) is 0.837. The van der Waals surface area contributed by atoms with E-state index in [2.05, 4.69) is 9.47 Å². The third kappa shape index (κ3) is 2.13. The van der Waals surface area contributed by atoms with Crippen molar-refractivity contribution in [3.8, 4) is 17.2 Å². The first kappa shape index (κ1) is 10.5. The molecule has 16 heavy (non-hydrogen) atoms. The van der Waals surface area contributed by atoms with E-state index in [9.17, 15) is 13.6 Å². The van der Waals surface area contributed by atoms with Crippen LogP contribution in [0.1, 0.15) is 0 Å². The zero-order valence-electron chi connectivity index (χ0n) is 7.91. The summed E-state index contributed by atoms with van der Waals surface area (Å²) in [5, 5.41) is 0. The Hall–Kier alpha value is -2.05. The van der Waals surface area contributed by atoms with E-state index < -0.39 is 12.2 Å². The van der Waals surface area contributed by atoms with Crippen molar-refractivity contribution >= 4 is 5.91 Å². The number of hydrogen-bond donors (Lipinski definition) is 1. The van der Waals surface area contributed by atoms with Crippen molar-refractivity contribution in [2.75, 3.05) is 6.61 Å². The van der Waals surface area contributed by atoms with Crippen molar-refractivity contribution in [2.45, 2.75) is 6.29 Å². The maximum atomic E-state index is 12.6. The molecule has 0 saturated carbocycles. The van der Waals surface area contributed by atoms with Gasteiger partial charge in [0, 0.05) is 6.07 Å². The molecule has 1 aromatic rings. The van der Waals surface area contributed by atoms with E-state index in [4.69, 9.17) is 10.5 Å². The number of halogens is 2. The van der Waals surface area contributed by atoms with Crippen molar-refractivity contribution in [1.29, 1.82) is 0 Å². The normalized spacial score (nSPS) is 15.9. The number of amides is 1. The van der Waals surface area contributed by atoms with E-state index in [1.807, 2.05) is 0 Å². The molecule has 1 heterocycles. The molecule has 1 aliphatic heterocycles. The molecule has 2 rings (SSSR count). The van der Waals surface area contributed by atoms with Crippen molar-refractivity contribution in [3.63, 3.8) is 0 Å². The van der Waals surface area contributed by atoms with Gasteiger partial charge in [0.15, 0.2) is 18.1 Å². The summed E-state index contributed by atoms with van der Waals surface area (Å²) in [5.41, 5.74) is 4.86. The number of nitrogens with two attached hydrogens (primary N) is 1. The Balaban J connectivity index is 2.13. The van der Waals surface area contributed by atoms with Crippen LogP contribution in [0.4, 0.5) is 8.78 Å². The van der Waals surface area contributed by atoms with E-state index in [1.165, 1.54) is 18.2 Å². The number of alkyl halides is 2. The fraction of sp³-hybridized carbons (Fsp3) is 0.222. The largest absolute Gasteiger partial charge is 0.586 e. The summed E-state index contributed by atoms with van der Waals surface area (Å²) < 4.78 is 38.5. The van der Waals surface area contributed by atoms with Crippen LogP contribution in [0.5, 0.6) is 17.2 Å². The first-order chi connectivity index (χ1) is 7.46. The second-order valence-electron chi connectivity index (χ2n) is 3.03. The number of fused-ring (bicyclic) bond motifs is 1. The van der Waals surface area contributed by atoms with Gasteiger partial charge in [0.1, 0.15) is 5.75 Å². The smallest absolute Gasteiger partial charge is 0.484 e. The highest BCUT2D eigenvalue weighted by molar-refractivity contribution is 5.75. The van der Waals surface area contributed by atoms with Crippen LogP contribution in [-0.4, -0.2) is 18.8 Å². The molecule has 0 spiro atoms. The summed E-state index contributed by atoms with van der Waals surface area (Å²) in [7, 11) is 0. The summed E-state index contributed by atoms with van der Waals surface area (Å²) >= 11 is 0. The number of carbonyl (C=O) groups is 1. The predicted molar refractivity (Wildman–Crippen MR) is 47.3 cm³/mol. The SMILES string of the molecule is NC(=O)COc1ccc2c(c1)OC(F)(F)O2. The highest BCUT2D eigenvalue weighted by Crippen LogP contribution is 2.42. The molecule has 1 amide bonds. The van der Waals surface area contributed by atoms with E-state index in [0.717, 1.165) is 0 Å². The minimum Gasteiger partial charge on any atom is -0.484 e. The van der Waals surface area contributed by atoms with Crippen LogP contribution < -0.4 is 19.9 Å². The van der Waals surface area contributed by atoms with Gasteiger partial charge in [-0.3, -0.25) is 4.79 Å². The van der Waals surface area contributed by atoms with Gasteiger partial charge in [-0.05, 0) is 12.1 Å². The molecule has 1 aliphatic rings. The average molecular weight is 231 g/mol. The standard InChI is InChI=1S/C9H7F2NO4/c10-9(11)15-6-2-1-5(3-7(6)16-9)14-4-8(12)13/h1-3H,4H2,(H2,12,13). The summed E-state index contributed by atoms with van der Waals surface area (Å²) in [4.78, 5) is 10.4. The van der Waals surface area contributed by atoms with Crippen LogP contribution >= 0.6 is 0 Å². The second-order valence-corrected chi connectivity index (χ2v) is 3.03. The van der Waals surface area contributed by atoms with Crippen molar-refractivity contribution in [1.82, 2.24) is 0 Å². The molecule has 5 nitrogen and oxygen atoms in total. The molecule has 0 atom stereocenters. The van der Waals surface area contributed by atoms with Crippen LogP contribution in [0.3, 0.4) is 0 Å². The van der Waals surface area contributed by atoms with Crippen molar-refractivity contribution in [2.24, 2.45) is 5.73 Å². The molecule has 0 aliphatic carbocycles. The van der Waals surface area contributed by atoms with Gasteiger partial charge in [0.2, 0.25) is 0 Å². The van der Waals surface area contributed by atoms with Crippen LogP contribution in [0.2, 0.25) is 0 Å². The maximum Gasteiger partial charge on any atom is 0.586 e. The lowest BCUT2D eigenvalue weighted by Gasteiger charge is -2.04. The maximum absolute atomic E-state index is 12.6. The van der Waals surface area contributed by atoms with E-state index in [1.54, 1.807) is 0 Å². The Morgan fingerprint density at radius 1 is 1.38 bits per heavy atom. The summed E-state index contributed by atoms with van der Waals surface area (Å²) in [6.45, 7) is -0.337. The lowest BCUT2D eigenvalue weighted by atomic mass is 10.3. The number of primary amides is 1. The Morgan fingerprint density at radius 3 is 2.75 bits per heavy atom. The predicted octanol–water partition coefficient (Wildman–Crippen LogP) is 0.872. The summed E-state index contributed by atoms with van der Waals surface area (Å²) in [6, 6.07) is 3.82. The van der Waals surface area contributed by atoms with E-state index >= 15 is 0 Å². The highest BCUT2D eigenvalue weighted by Gasteiger charge is 2.43. The van der Waals surface area contributed by atoms with Crippen molar-refractivity contribution in [3.05, 3.63) is 18.2 Å². The second kappa shape index (κ2) is 3.51. The Kier molecular flexibility index (Phi) is 2.30. The first-order valence-electron chi connectivity index (χ1n) is 4.27. The zero-order chi connectivity index (χ0) is 11.8. The fourth-order valence-corrected chi connectivity index (χ4v) is 1.17. The third-order valence-electron chi connectivity index (χ3n) is 1.75. The minimum absolute atomic E-state index is 0.0866. The lowest BCUT2D eigenvalue weighted by Crippen LogP contribution is -2.25. The molecule has 0 radical (unpaired) electrons. The topological polar surface area (TPSA) is 70.8 Å². The van der Waals surface area contributed by atoms with Gasteiger partial charge in [0.25, 0.3) is 5.91 Å². The van der Waals surface area contributed by atoms with Gasteiger partial charge in [0.05, 0.1) is 0 Å². The van der Waals surface area contributed by atoms with Crippen LogP contribution in [0.15, 0.2) is 18.2 Å². The molecule has 0 fully saturated rings. The number of ether oxygens (including phenoxy) is 3. The number of hydrogen-bond acceptors (Lipinski definition) is 4. The first-order valence-corrected chi connectivity index (χ1v) is 4.27. The van der Waals surface area contributed by atoms with Gasteiger partial charge in [-0.15, -0.1) is 8.78 Å². The zero-order valence-corrected chi connectivity index (χ0v) is 7.91. The Bertz CT molecular complexity index is 436. The molecule has 0 saturated heterocycles. The van der Waals surface area contributed by atoms with Gasteiger partial charge >= 0.3 is 6.29 Å². The van der Waals surface area contributed by atoms with Gasteiger partial charge in [-0.2, -0.15) is 0 Å². The number of rotatable bonds is 3. The Labute approximate surface area is 88.7 Å². The summed E-state index contributed by atoms with van der Waals surface area (Å²) in [6.07, 6.45) is -3.66. The molecular formula is C9H7F2NO4. The molecule has 0 aromatic heterocycles. The van der Waals surface area contributed by atoms with E-state index in [0.29, 0.717) is 0 Å². The fourth-order valence-electron chi connectivity index (χ4n) is 1.17. The minimum atomic E-state index is -3.66. The summed E-state index contributed by atoms with van der Waals surface area (Å²) in [5.74, 6) is -0.703. The lowest BCUT2D eigenvalue weighted by molar-refractivity contribution is -0.286. The van der Waals surface area contributed by atoms with Gasteiger partial charge < -0.3 is 19.9 Å². The monoisotopic (exact) mass is 231 g/mol. The molecular weight excluding hydrogens is 224 g/mol. The molecule has 0 unspecified atom stereocenters. The van der Waals surface area contributed by atoms with Crippen molar-refractivity contribution < 1.29 is 27.8 Å². The molecule has 0 bridgehead atoms. The van der Waals surface area contributed by atoms with Gasteiger partial charge in [-0.1, -0.05) is 0 Å². The van der Waals surface area contributed by atoms with Crippen LogP contribution in [-0.2, 0) is 4.79 Å². The number of carbonyl (C=O) groups excluding carboxylic acids is 1. The third-order valence-corrected chi connectivity index (χ3v) is 1.75. The van der Waals surface area contributed by atoms with Gasteiger partial charge in [-0.25, -0.2) is 0 Å².